The van der Waals surface area contributed by atoms with E-state index in [-0.39, 0.29) is 5.91 Å². The number of hydrogen-bond acceptors (Lipinski definition) is 4. The Bertz CT molecular complexity index is 1050. The van der Waals surface area contributed by atoms with Crippen molar-refractivity contribution in [3.8, 4) is 11.3 Å². The number of rotatable bonds is 4. The third kappa shape index (κ3) is 3.99. The number of aromatic nitrogens is 1. The molecule has 1 aromatic heterocycles. The van der Waals surface area contributed by atoms with Gasteiger partial charge in [-0.05, 0) is 38.8 Å². The predicted molar refractivity (Wildman–Crippen MR) is 113 cm³/mol. The first kappa shape index (κ1) is 19.1. The number of pyridine rings is 1. The Balaban J connectivity index is 1.67. The number of likely N-dealkylation sites (tertiary alicyclic amines) is 1. The topological polar surface area (TPSA) is 59.5 Å². The highest BCUT2D eigenvalue weighted by molar-refractivity contribution is 6.05. The first-order valence-corrected chi connectivity index (χ1v) is 9.99. The molecule has 0 aliphatic carbocycles. The molecule has 3 aromatic rings. The fourth-order valence-electron chi connectivity index (χ4n) is 3.69. The first-order chi connectivity index (χ1) is 14.0. The molecule has 2 aromatic carbocycles. The van der Waals surface area contributed by atoms with Gasteiger partial charge in [-0.2, -0.15) is 0 Å². The van der Waals surface area contributed by atoms with Gasteiger partial charge in [0.25, 0.3) is 5.91 Å². The second-order valence-electron chi connectivity index (χ2n) is 7.52. The Morgan fingerprint density at radius 3 is 2.45 bits per heavy atom. The fourth-order valence-corrected chi connectivity index (χ4v) is 3.69. The molecule has 1 aliphatic rings. The number of hydrogen-bond donors (Lipinski definition) is 0. The number of nitrogens with zero attached hydrogens (tertiary/aromatic N) is 2. The van der Waals surface area contributed by atoms with Gasteiger partial charge >= 0.3 is 5.97 Å². The number of ether oxygens (including phenoxy) is 1. The van der Waals surface area contributed by atoms with Crippen molar-refractivity contribution in [3.05, 3.63) is 65.7 Å². The number of para-hydroxylation sites is 1. The molecule has 0 saturated carbocycles. The van der Waals surface area contributed by atoms with Crippen LogP contribution in [0.15, 0.2) is 54.6 Å². The summed E-state index contributed by atoms with van der Waals surface area (Å²) in [6.07, 6.45) is 1.19. The Labute approximate surface area is 170 Å². The van der Waals surface area contributed by atoms with Gasteiger partial charge in [0.05, 0.1) is 16.8 Å². The second-order valence-corrected chi connectivity index (χ2v) is 7.52. The summed E-state index contributed by atoms with van der Waals surface area (Å²) in [5.74, 6) is -0.634. The number of carbonyl (C=O) groups is 2. The summed E-state index contributed by atoms with van der Waals surface area (Å²) in [6.45, 7) is 5.13. The zero-order valence-corrected chi connectivity index (χ0v) is 16.7. The highest BCUT2D eigenvalue weighted by Gasteiger charge is 2.27. The van der Waals surface area contributed by atoms with Gasteiger partial charge in [0, 0.05) is 24.0 Å². The monoisotopic (exact) mass is 388 g/mol. The minimum absolute atomic E-state index is 0.132. The van der Waals surface area contributed by atoms with E-state index in [2.05, 4.69) is 0 Å². The first-order valence-electron chi connectivity index (χ1n) is 9.99. The molecule has 4 rings (SSSR count). The number of esters is 1. The zero-order chi connectivity index (χ0) is 20.4. The second kappa shape index (κ2) is 8.03. The highest BCUT2D eigenvalue weighted by atomic mass is 16.5. The van der Waals surface area contributed by atoms with Gasteiger partial charge < -0.3 is 9.64 Å². The molecule has 1 atom stereocenters. The van der Waals surface area contributed by atoms with Crippen molar-refractivity contribution < 1.29 is 14.3 Å². The van der Waals surface area contributed by atoms with Crippen LogP contribution in [0.1, 0.15) is 35.7 Å². The van der Waals surface area contributed by atoms with Gasteiger partial charge in [-0.15, -0.1) is 0 Å². The van der Waals surface area contributed by atoms with E-state index >= 15 is 0 Å². The molecule has 2 heterocycles. The Hall–Kier alpha value is -3.21. The number of benzene rings is 2. The van der Waals surface area contributed by atoms with Crippen molar-refractivity contribution in [2.45, 2.75) is 32.8 Å². The van der Waals surface area contributed by atoms with E-state index < -0.39 is 12.1 Å². The van der Waals surface area contributed by atoms with E-state index in [1.807, 2.05) is 55.5 Å². The van der Waals surface area contributed by atoms with Crippen LogP contribution in [0.25, 0.3) is 22.2 Å². The number of carbonyl (C=O) groups excluding carboxylic acids is 2. The summed E-state index contributed by atoms with van der Waals surface area (Å²) < 4.78 is 5.57. The van der Waals surface area contributed by atoms with Crippen molar-refractivity contribution in [3.63, 3.8) is 0 Å². The van der Waals surface area contributed by atoms with Gasteiger partial charge in [-0.25, -0.2) is 9.78 Å². The van der Waals surface area contributed by atoms with Gasteiger partial charge in [0.15, 0.2) is 6.10 Å². The third-order valence-electron chi connectivity index (χ3n) is 5.33. The Morgan fingerprint density at radius 2 is 1.72 bits per heavy atom. The van der Waals surface area contributed by atoms with Gasteiger partial charge in [0.2, 0.25) is 0 Å². The van der Waals surface area contributed by atoms with Crippen molar-refractivity contribution in [2.24, 2.45) is 0 Å². The molecule has 1 amide bonds. The third-order valence-corrected chi connectivity index (χ3v) is 5.33. The lowest BCUT2D eigenvalue weighted by Crippen LogP contribution is -2.38. The Kier molecular flexibility index (Phi) is 5.30. The average Bonchev–Trinajstić information content (AvgIpc) is 3.27. The van der Waals surface area contributed by atoms with Crippen LogP contribution in [0.4, 0.5) is 0 Å². The molecule has 5 heteroatoms. The summed E-state index contributed by atoms with van der Waals surface area (Å²) in [6, 6.07) is 17.2. The molecule has 1 saturated heterocycles. The van der Waals surface area contributed by atoms with Gasteiger partial charge in [-0.1, -0.05) is 48.0 Å². The van der Waals surface area contributed by atoms with Gasteiger partial charge in [0.1, 0.15) is 0 Å². The lowest BCUT2D eigenvalue weighted by Gasteiger charge is -2.20. The maximum Gasteiger partial charge on any atom is 0.339 e. The lowest BCUT2D eigenvalue weighted by molar-refractivity contribution is -0.138. The van der Waals surface area contributed by atoms with Crippen molar-refractivity contribution in [1.29, 1.82) is 0 Å². The van der Waals surface area contributed by atoms with E-state index in [9.17, 15) is 9.59 Å². The summed E-state index contributed by atoms with van der Waals surface area (Å²) in [4.78, 5) is 32.0. The molecule has 0 N–H and O–H groups in total. The van der Waals surface area contributed by atoms with Crippen LogP contribution in [0.2, 0.25) is 0 Å². The molecule has 5 nitrogen and oxygen atoms in total. The quantitative estimate of drug-likeness (QED) is 0.623. The number of aryl methyl sites for hydroxylation is 1. The van der Waals surface area contributed by atoms with E-state index in [0.717, 1.165) is 42.6 Å². The molecular weight excluding hydrogens is 364 g/mol. The minimum Gasteiger partial charge on any atom is -0.449 e. The maximum atomic E-state index is 13.0. The molecule has 29 heavy (non-hydrogen) atoms. The molecule has 0 spiro atoms. The smallest absolute Gasteiger partial charge is 0.339 e. The molecule has 148 valence electrons. The standard InChI is InChI=1S/C24H24N2O3/c1-16-9-11-18(12-10-16)22-15-20(19-7-3-4-8-21(19)25-22)24(28)29-17(2)23(27)26-13-5-6-14-26/h3-4,7-12,15,17H,5-6,13-14H2,1-2H3/t17-/m0/s1. The zero-order valence-electron chi connectivity index (χ0n) is 16.7. The van der Waals surface area contributed by atoms with E-state index in [0.29, 0.717) is 16.6 Å². The highest BCUT2D eigenvalue weighted by Crippen LogP contribution is 2.26. The van der Waals surface area contributed by atoms with Gasteiger partial charge in [-0.3, -0.25) is 4.79 Å². The normalized spacial score (nSPS) is 14.8. The van der Waals surface area contributed by atoms with Crippen LogP contribution in [0.5, 0.6) is 0 Å². The van der Waals surface area contributed by atoms with Crippen LogP contribution in [-0.2, 0) is 9.53 Å². The van der Waals surface area contributed by atoms with Crippen molar-refractivity contribution >= 4 is 22.8 Å². The molecule has 0 radical (unpaired) electrons. The predicted octanol–water partition coefficient (Wildman–Crippen LogP) is 4.38. The van der Waals surface area contributed by atoms with Crippen LogP contribution < -0.4 is 0 Å². The van der Waals surface area contributed by atoms with Crippen LogP contribution >= 0.6 is 0 Å². The molecular formula is C24H24N2O3. The lowest BCUT2D eigenvalue weighted by atomic mass is 10.0. The molecule has 0 unspecified atom stereocenters. The van der Waals surface area contributed by atoms with E-state index in [1.54, 1.807) is 17.9 Å². The molecule has 1 fully saturated rings. The van der Waals surface area contributed by atoms with Crippen LogP contribution in [0.3, 0.4) is 0 Å². The molecule has 0 bridgehead atoms. The summed E-state index contributed by atoms with van der Waals surface area (Å²) in [5.41, 5.74) is 3.93. The SMILES string of the molecule is Cc1ccc(-c2cc(C(=O)O[C@@H](C)C(=O)N3CCCC3)c3ccccc3n2)cc1. The van der Waals surface area contributed by atoms with Crippen molar-refractivity contribution in [1.82, 2.24) is 9.88 Å². The van der Waals surface area contributed by atoms with Crippen LogP contribution in [-0.4, -0.2) is 41.0 Å². The average molecular weight is 388 g/mol. The largest absolute Gasteiger partial charge is 0.449 e. The number of fused-ring (bicyclic) bond motifs is 1. The van der Waals surface area contributed by atoms with E-state index in [1.165, 1.54) is 0 Å². The summed E-state index contributed by atoms with van der Waals surface area (Å²) >= 11 is 0. The Morgan fingerprint density at radius 1 is 1.03 bits per heavy atom. The van der Waals surface area contributed by atoms with Crippen molar-refractivity contribution in [2.75, 3.05) is 13.1 Å². The molecule has 1 aliphatic heterocycles. The number of amides is 1. The van der Waals surface area contributed by atoms with Crippen LogP contribution in [0, 0.1) is 6.92 Å². The minimum atomic E-state index is -0.810. The van der Waals surface area contributed by atoms with E-state index in [4.69, 9.17) is 9.72 Å². The maximum absolute atomic E-state index is 13.0. The summed E-state index contributed by atoms with van der Waals surface area (Å²) in [5, 5.41) is 0.717. The summed E-state index contributed by atoms with van der Waals surface area (Å²) in [7, 11) is 0. The fraction of sp³-hybridized carbons (Fsp3) is 0.292.